The first-order valence-electron chi connectivity index (χ1n) is 7.84. The van der Waals surface area contributed by atoms with Crippen LogP contribution in [0.3, 0.4) is 0 Å². The summed E-state index contributed by atoms with van der Waals surface area (Å²) in [5.74, 6) is 1.07. The highest BCUT2D eigenvalue weighted by atomic mass is 16.3. The van der Waals surface area contributed by atoms with Crippen LogP contribution < -0.4 is 5.32 Å². The normalized spacial score (nSPS) is 25.9. The highest BCUT2D eigenvalue weighted by Crippen LogP contribution is 2.54. The Hall–Kier alpha value is -1.06. The fourth-order valence-electron chi connectivity index (χ4n) is 4.07. The molecule has 3 nitrogen and oxygen atoms in total. The van der Waals surface area contributed by atoms with Crippen molar-refractivity contribution in [3.63, 3.8) is 0 Å². The molecule has 2 aliphatic rings. The third kappa shape index (κ3) is 2.45. The van der Waals surface area contributed by atoms with Gasteiger partial charge in [-0.3, -0.25) is 4.90 Å². The fourth-order valence-corrected chi connectivity index (χ4v) is 4.07. The molecule has 2 aliphatic heterocycles. The second kappa shape index (κ2) is 5.38. The van der Waals surface area contributed by atoms with Gasteiger partial charge in [0.2, 0.25) is 0 Å². The number of aromatic hydroxyl groups is 1. The van der Waals surface area contributed by atoms with Gasteiger partial charge >= 0.3 is 0 Å². The van der Waals surface area contributed by atoms with Gasteiger partial charge in [-0.05, 0) is 49.5 Å². The molecule has 3 heteroatoms. The van der Waals surface area contributed by atoms with Gasteiger partial charge < -0.3 is 10.4 Å². The van der Waals surface area contributed by atoms with Crippen LogP contribution in [-0.2, 0) is 0 Å². The maximum Gasteiger partial charge on any atom is 0.115 e. The molecule has 1 spiro atoms. The molecule has 0 aromatic heterocycles. The van der Waals surface area contributed by atoms with Crippen LogP contribution in [0.4, 0.5) is 0 Å². The van der Waals surface area contributed by atoms with Gasteiger partial charge in [0.15, 0.2) is 0 Å². The van der Waals surface area contributed by atoms with Gasteiger partial charge in [0, 0.05) is 24.5 Å². The van der Waals surface area contributed by atoms with Gasteiger partial charge in [0.05, 0.1) is 0 Å². The fraction of sp³-hybridized carbons (Fsp3) is 0.647. The van der Waals surface area contributed by atoms with E-state index in [0.29, 0.717) is 23.1 Å². The predicted octanol–water partition coefficient (Wildman–Crippen LogP) is 2.77. The van der Waals surface area contributed by atoms with Crippen LogP contribution in [0.2, 0.25) is 0 Å². The maximum absolute atomic E-state index is 9.52. The van der Waals surface area contributed by atoms with E-state index in [2.05, 4.69) is 36.2 Å². The monoisotopic (exact) mass is 274 g/mol. The molecule has 110 valence electrons. The number of phenols is 1. The maximum atomic E-state index is 9.52. The minimum Gasteiger partial charge on any atom is -0.508 e. The van der Waals surface area contributed by atoms with Gasteiger partial charge in [0.25, 0.3) is 0 Å². The molecule has 1 aromatic carbocycles. The summed E-state index contributed by atoms with van der Waals surface area (Å²) in [6, 6.07) is 8.41. The van der Waals surface area contributed by atoms with Crippen LogP contribution in [-0.4, -0.2) is 36.2 Å². The van der Waals surface area contributed by atoms with Gasteiger partial charge in [0.1, 0.15) is 5.75 Å². The Labute approximate surface area is 122 Å². The van der Waals surface area contributed by atoms with E-state index in [1.165, 1.54) is 31.5 Å². The minimum absolute atomic E-state index is 0.364. The van der Waals surface area contributed by atoms with Crippen LogP contribution in [0.1, 0.15) is 38.3 Å². The number of nitrogens with zero attached hydrogens (tertiary/aromatic N) is 1. The van der Waals surface area contributed by atoms with Gasteiger partial charge in [-0.15, -0.1) is 0 Å². The Kier molecular flexibility index (Phi) is 3.74. The molecule has 1 unspecified atom stereocenters. The first-order chi connectivity index (χ1) is 9.61. The summed E-state index contributed by atoms with van der Waals surface area (Å²) in [6.45, 7) is 9.27. The molecule has 2 N–H and O–H groups in total. The van der Waals surface area contributed by atoms with E-state index >= 15 is 0 Å². The van der Waals surface area contributed by atoms with Crippen molar-refractivity contribution in [2.45, 2.75) is 32.7 Å². The number of hydrogen-bond acceptors (Lipinski definition) is 3. The number of rotatable bonds is 3. The zero-order chi connectivity index (χ0) is 14.2. The van der Waals surface area contributed by atoms with Crippen molar-refractivity contribution in [3.05, 3.63) is 29.8 Å². The Morgan fingerprint density at radius 3 is 2.50 bits per heavy atom. The van der Waals surface area contributed by atoms with Crippen molar-refractivity contribution in [2.75, 3.05) is 26.2 Å². The lowest BCUT2D eigenvalue weighted by molar-refractivity contribution is -0.101. The van der Waals surface area contributed by atoms with Crippen LogP contribution in [0, 0.1) is 11.3 Å². The van der Waals surface area contributed by atoms with Crippen LogP contribution in [0.5, 0.6) is 5.75 Å². The lowest BCUT2D eigenvalue weighted by atomic mass is 9.63. The van der Waals surface area contributed by atoms with Crippen LogP contribution >= 0.6 is 0 Å². The Morgan fingerprint density at radius 1 is 1.25 bits per heavy atom. The van der Waals surface area contributed by atoms with E-state index < -0.39 is 0 Å². The number of piperidine rings is 1. The lowest BCUT2D eigenvalue weighted by Gasteiger charge is -2.60. The highest BCUT2D eigenvalue weighted by molar-refractivity contribution is 5.31. The quantitative estimate of drug-likeness (QED) is 0.889. The first kappa shape index (κ1) is 13.9. The van der Waals surface area contributed by atoms with E-state index in [1.54, 1.807) is 0 Å². The average Bonchev–Trinajstić information content (AvgIpc) is 2.41. The zero-order valence-corrected chi connectivity index (χ0v) is 12.6. The third-order valence-corrected chi connectivity index (χ3v) is 4.87. The first-order valence-corrected chi connectivity index (χ1v) is 7.84. The van der Waals surface area contributed by atoms with Gasteiger partial charge in [-0.25, -0.2) is 0 Å². The average molecular weight is 274 g/mol. The van der Waals surface area contributed by atoms with E-state index in [0.717, 1.165) is 13.1 Å². The summed E-state index contributed by atoms with van der Waals surface area (Å²) in [5.41, 5.74) is 1.83. The minimum atomic E-state index is 0.364. The predicted molar refractivity (Wildman–Crippen MR) is 81.8 cm³/mol. The summed E-state index contributed by atoms with van der Waals surface area (Å²) in [5, 5.41) is 13.0. The zero-order valence-electron chi connectivity index (χ0n) is 12.6. The SMILES string of the molecule is CC(C)CN1CC2(CCNCC2)C1c1ccc(O)cc1. The molecule has 1 aromatic rings. The molecule has 0 saturated carbocycles. The number of likely N-dealkylation sites (tertiary alicyclic amines) is 1. The molecule has 2 fully saturated rings. The largest absolute Gasteiger partial charge is 0.508 e. The van der Waals surface area contributed by atoms with E-state index in [-0.39, 0.29) is 0 Å². The van der Waals surface area contributed by atoms with Crippen LogP contribution in [0.25, 0.3) is 0 Å². The summed E-state index contributed by atoms with van der Waals surface area (Å²) in [6.07, 6.45) is 2.54. The van der Waals surface area contributed by atoms with Crippen LogP contribution in [0.15, 0.2) is 24.3 Å². The standard InChI is InChI=1S/C17H26N2O/c1-13(2)11-19-12-17(7-9-18-10-8-17)16(19)14-3-5-15(20)6-4-14/h3-6,13,16,18,20H,7-12H2,1-2H3. The Balaban J connectivity index is 1.85. The number of benzene rings is 1. The van der Waals surface area contributed by atoms with Crippen molar-refractivity contribution < 1.29 is 5.11 Å². The third-order valence-electron chi connectivity index (χ3n) is 4.87. The molecule has 0 bridgehead atoms. The van der Waals surface area contributed by atoms with Gasteiger partial charge in [-0.2, -0.15) is 0 Å². The smallest absolute Gasteiger partial charge is 0.115 e. The van der Waals surface area contributed by atoms with Gasteiger partial charge in [-0.1, -0.05) is 26.0 Å². The second-order valence-electron chi connectivity index (χ2n) is 6.93. The summed E-state index contributed by atoms with van der Waals surface area (Å²) in [7, 11) is 0. The van der Waals surface area contributed by atoms with Crippen molar-refractivity contribution in [3.8, 4) is 5.75 Å². The second-order valence-corrected chi connectivity index (χ2v) is 6.93. The summed E-state index contributed by atoms with van der Waals surface area (Å²) in [4.78, 5) is 2.63. The lowest BCUT2D eigenvalue weighted by Crippen LogP contribution is -2.62. The molecule has 2 saturated heterocycles. The van der Waals surface area contributed by atoms with E-state index in [1.807, 2.05) is 12.1 Å². The summed E-state index contributed by atoms with van der Waals surface area (Å²) < 4.78 is 0. The van der Waals surface area contributed by atoms with E-state index in [9.17, 15) is 5.11 Å². The Morgan fingerprint density at radius 2 is 1.90 bits per heavy atom. The molecule has 0 aliphatic carbocycles. The molecular formula is C17H26N2O. The number of nitrogens with one attached hydrogen (secondary N) is 1. The molecule has 20 heavy (non-hydrogen) atoms. The molecule has 1 atom stereocenters. The number of hydrogen-bond donors (Lipinski definition) is 2. The van der Waals surface area contributed by atoms with Crippen molar-refractivity contribution in [1.29, 1.82) is 0 Å². The molecule has 2 heterocycles. The van der Waals surface area contributed by atoms with Crippen molar-refractivity contribution in [2.24, 2.45) is 11.3 Å². The molecule has 0 amide bonds. The van der Waals surface area contributed by atoms with Crippen molar-refractivity contribution >= 4 is 0 Å². The highest BCUT2D eigenvalue weighted by Gasteiger charge is 2.52. The van der Waals surface area contributed by atoms with Crippen molar-refractivity contribution in [1.82, 2.24) is 10.2 Å². The number of phenolic OH excluding ortho intramolecular Hbond substituents is 1. The Bertz CT molecular complexity index is 449. The molecule has 0 radical (unpaired) electrons. The molecular weight excluding hydrogens is 248 g/mol. The topological polar surface area (TPSA) is 35.5 Å². The summed E-state index contributed by atoms with van der Waals surface area (Å²) >= 11 is 0. The molecule has 3 rings (SSSR count). The van der Waals surface area contributed by atoms with E-state index in [4.69, 9.17) is 0 Å².